The minimum absolute atomic E-state index is 0.470. The van der Waals surface area contributed by atoms with Crippen LogP contribution >= 0.6 is 0 Å². The highest BCUT2D eigenvalue weighted by atomic mass is 16.4. The topological polar surface area (TPSA) is 40.5 Å². The molecule has 0 bridgehead atoms. The zero-order valence-electron chi connectivity index (χ0n) is 4.78. The fourth-order valence-electron chi connectivity index (χ4n) is 0.568. The van der Waals surface area contributed by atoms with Gasteiger partial charge in [-0.2, -0.15) is 0 Å². The van der Waals surface area contributed by atoms with Crippen LogP contribution in [-0.2, 0) is 0 Å². The van der Waals surface area contributed by atoms with Crippen LogP contribution in [0.4, 0.5) is 0 Å². The van der Waals surface area contributed by atoms with Gasteiger partial charge in [-0.05, 0) is 0 Å². The molecule has 0 aromatic rings. The minimum atomic E-state index is -1.37. The SMILES string of the molecule is OB(O)C1=CC=C[C+]=C1. The van der Waals surface area contributed by atoms with Gasteiger partial charge in [-0.15, -0.1) is 0 Å². The molecule has 0 aromatic heterocycles. The van der Waals surface area contributed by atoms with E-state index in [0.29, 0.717) is 5.47 Å². The van der Waals surface area contributed by atoms with Crippen molar-refractivity contribution < 1.29 is 10.0 Å². The molecule has 3 heteroatoms. The van der Waals surface area contributed by atoms with Crippen LogP contribution in [0.15, 0.2) is 29.8 Å². The van der Waals surface area contributed by atoms with Gasteiger partial charge in [0.2, 0.25) is 0 Å². The molecule has 44 valence electrons. The first-order valence-electron chi connectivity index (χ1n) is 2.63. The first-order chi connectivity index (χ1) is 4.30. The van der Waals surface area contributed by atoms with Crippen molar-refractivity contribution >= 4 is 7.12 Å². The van der Waals surface area contributed by atoms with Crippen molar-refractivity contribution in [3.8, 4) is 0 Å². The molecule has 0 radical (unpaired) electrons. The van der Waals surface area contributed by atoms with Crippen molar-refractivity contribution in [2.45, 2.75) is 0 Å². The standard InChI is InChI=1S/C6H6BO2/c8-7(9)6-4-2-1-3-5-6/h1-2,4-5,8-9H/q+1. The summed E-state index contributed by atoms with van der Waals surface area (Å²) in [6, 6.07) is 0. The van der Waals surface area contributed by atoms with Gasteiger partial charge in [0.15, 0.2) is 0 Å². The molecule has 0 atom stereocenters. The molecule has 0 heterocycles. The Balaban J connectivity index is 2.72. The summed E-state index contributed by atoms with van der Waals surface area (Å²) in [6.07, 6.45) is 9.28. The van der Waals surface area contributed by atoms with E-state index in [1.807, 2.05) is 0 Å². The van der Waals surface area contributed by atoms with E-state index in [1.165, 1.54) is 6.08 Å². The summed E-state index contributed by atoms with van der Waals surface area (Å²) in [5, 5.41) is 17.1. The quantitative estimate of drug-likeness (QED) is 0.374. The Bertz CT molecular complexity index is 179. The second-order valence-electron chi connectivity index (χ2n) is 1.71. The zero-order valence-corrected chi connectivity index (χ0v) is 4.78. The Morgan fingerprint density at radius 3 is 2.56 bits per heavy atom. The van der Waals surface area contributed by atoms with Gasteiger partial charge in [0.05, 0.1) is 11.5 Å². The van der Waals surface area contributed by atoms with Crippen LogP contribution in [0.5, 0.6) is 0 Å². The van der Waals surface area contributed by atoms with Crippen molar-refractivity contribution in [3.63, 3.8) is 0 Å². The molecule has 2 nitrogen and oxygen atoms in total. The van der Waals surface area contributed by atoms with Crippen molar-refractivity contribution in [1.82, 2.24) is 0 Å². The van der Waals surface area contributed by atoms with Gasteiger partial charge in [-0.25, -0.2) is 0 Å². The number of allylic oxidation sites excluding steroid dienone is 6. The maximum Gasteiger partial charge on any atom is 0.569 e. The third kappa shape index (κ3) is 1.51. The van der Waals surface area contributed by atoms with E-state index in [-0.39, 0.29) is 0 Å². The molecule has 0 saturated heterocycles. The van der Waals surface area contributed by atoms with E-state index in [9.17, 15) is 0 Å². The Hall–Kier alpha value is -0.885. The van der Waals surface area contributed by atoms with Crippen LogP contribution in [0, 0.1) is 6.08 Å². The molecule has 1 rings (SSSR count). The van der Waals surface area contributed by atoms with Crippen LogP contribution in [-0.4, -0.2) is 17.2 Å². The molecule has 0 spiro atoms. The predicted molar refractivity (Wildman–Crippen MR) is 35.2 cm³/mol. The number of hydrogen-bond donors (Lipinski definition) is 2. The Morgan fingerprint density at radius 2 is 2.22 bits per heavy atom. The van der Waals surface area contributed by atoms with Crippen molar-refractivity contribution in [3.05, 3.63) is 35.9 Å². The summed E-state index contributed by atoms with van der Waals surface area (Å²) in [5.74, 6) is 0. The van der Waals surface area contributed by atoms with E-state index < -0.39 is 7.12 Å². The van der Waals surface area contributed by atoms with E-state index in [4.69, 9.17) is 10.0 Å². The van der Waals surface area contributed by atoms with Crippen molar-refractivity contribution in [1.29, 1.82) is 0 Å². The van der Waals surface area contributed by atoms with Gasteiger partial charge in [0, 0.05) is 18.2 Å². The van der Waals surface area contributed by atoms with Crippen LogP contribution in [0.3, 0.4) is 0 Å². The molecule has 1 aliphatic carbocycles. The minimum Gasteiger partial charge on any atom is -0.411 e. The van der Waals surface area contributed by atoms with Crippen LogP contribution < -0.4 is 0 Å². The second-order valence-corrected chi connectivity index (χ2v) is 1.71. The van der Waals surface area contributed by atoms with Crippen LogP contribution in [0.1, 0.15) is 0 Å². The molecule has 0 unspecified atom stereocenters. The fourth-order valence-corrected chi connectivity index (χ4v) is 0.568. The lowest BCUT2D eigenvalue weighted by Crippen LogP contribution is -2.13. The summed E-state index contributed by atoms with van der Waals surface area (Å²) in [6.45, 7) is 0. The largest absolute Gasteiger partial charge is 0.569 e. The molecule has 0 aliphatic heterocycles. The Kier molecular flexibility index (Phi) is 1.80. The lowest BCUT2D eigenvalue weighted by molar-refractivity contribution is 0.420. The summed E-state index contributed by atoms with van der Waals surface area (Å²) in [5.41, 5.74) is 0.470. The molecule has 2 N–H and O–H groups in total. The molecule has 9 heavy (non-hydrogen) atoms. The molecule has 0 saturated carbocycles. The zero-order chi connectivity index (χ0) is 6.69. The van der Waals surface area contributed by atoms with Gasteiger partial charge in [-0.3, -0.25) is 0 Å². The van der Waals surface area contributed by atoms with Crippen molar-refractivity contribution in [2.24, 2.45) is 0 Å². The smallest absolute Gasteiger partial charge is 0.411 e. The molecule has 0 aromatic carbocycles. The maximum absolute atomic E-state index is 8.56. The van der Waals surface area contributed by atoms with E-state index in [0.717, 1.165) is 0 Å². The molecule has 0 fully saturated rings. The highest BCUT2D eigenvalue weighted by molar-refractivity contribution is 6.51. The molecule has 1 aliphatic rings. The first kappa shape index (κ1) is 6.24. The molecular weight excluding hydrogens is 115 g/mol. The number of hydrogen-bond acceptors (Lipinski definition) is 2. The highest BCUT2D eigenvalue weighted by Crippen LogP contribution is 2.02. The van der Waals surface area contributed by atoms with Gasteiger partial charge < -0.3 is 10.0 Å². The van der Waals surface area contributed by atoms with E-state index >= 15 is 0 Å². The Labute approximate surface area is 54.0 Å². The third-order valence-corrected chi connectivity index (χ3v) is 1.03. The summed E-state index contributed by atoms with van der Waals surface area (Å²) in [4.78, 5) is 0. The summed E-state index contributed by atoms with van der Waals surface area (Å²) < 4.78 is 0. The average molecular weight is 121 g/mol. The molecule has 0 amide bonds. The maximum atomic E-state index is 8.56. The van der Waals surface area contributed by atoms with Gasteiger partial charge >= 0.3 is 7.12 Å². The Morgan fingerprint density at radius 1 is 1.44 bits per heavy atom. The van der Waals surface area contributed by atoms with Crippen LogP contribution in [0.25, 0.3) is 0 Å². The summed E-state index contributed by atoms with van der Waals surface area (Å²) >= 11 is 0. The predicted octanol–water partition coefficient (Wildman–Crippen LogP) is -0.146. The normalized spacial score (nSPS) is 14.7. The first-order valence-corrected chi connectivity index (χ1v) is 2.63. The lowest BCUT2D eigenvalue weighted by atomic mass is 9.78. The second kappa shape index (κ2) is 2.60. The molecular formula is C6H6BO2+. The highest BCUT2D eigenvalue weighted by Gasteiger charge is 2.19. The third-order valence-electron chi connectivity index (χ3n) is 1.03. The van der Waals surface area contributed by atoms with E-state index in [1.54, 1.807) is 18.2 Å². The van der Waals surface area contributed by atoms with Gasteiger partial charge in [-0.1, -0.05) is 0 Å². The van der Waals surface area contributed by atoms with Gasteiger partial charge in [0.25, 0.3) is 0 Å². The lowest BCUT2D eigenvalue weighted by Gasteiger charge is -1.89. The van der Waals surface area contributed by atoms with E-state index in [2.05, 4.69) is 6.08 Å². The van der Waals surface area contributed by atoms with Gasteiger partial charge in [0.1, 0.15) is 6.08 Å². The summed E-state index contributed by atoms with van der Waals surface area (Å²) in [7, 11) is -1.37. The van der Waals surface area contributed by atoms with Crippen molar-refractivity contribution in [2.75, 3.05) is 0 Å². The average Bonchev–Trinajstić information content (AvgIpc) is 1.90. The monoisotopic (exact) mass is 121 g/mol. The van der Waals surface area contributed by atoms with Crippen LogP contribution in [0.2, 0.25) is 0 Å². The number of rotatable bonds is 1. The fraction of sp³-hybridized carbons (Fsp3) is 0.